The minimum atomic E-state index is 0.0914. The highest BCUT2D eigenvalue weighted by molar-refractivity contribution is 5.64. The van der Waals surface area contributed by atoms with E-state index in [1.165, 1.54) is 0 Å². The van der Waals surface area contributed by atoms with Gasteiger partial charge in [0.2, 0.25) is 0 Å². The van der Waals surface area contributed by atoms with Crippen molar-refractivity contribution in [2.24, 2.45) is 0 Å². The monoisotopic (exact) mass is 259 g/mol. The van der Waals surface area contributed by atoms with Gasteiger partial charge in [0.25, 0.3) is 0 Å². The van der Waals surface area contributed by atoms with E-state index < -0.39 is 0 Å². The SMILES string of the molecule is N#Cc1c2c(c(CCO)c3c1OCCC3)OCCC2. The Morgan fingerprint density at radius 1 is 1.05 bits per heavy atom. The molecule has 4 heteroatoms. The smallest absolute Gasteiger partial charge is 0.141 e. The van der Waals surface area contributed by atoms with Crippen molar-refractivity contribution in [2.45, 2.75) is 32.1 Å². The zero-order valence-electron chi connectivity index (χ0n) is 10.9. The molecule has 0 unspecified atom stereocenters. The molecule has 19 heavy (non-hydrogen) atoms. The lowest BCUT2D eigenvalue weighted by molar-refractivity contribution is 0.260. The van der Waals surface area contributed by atoms with E-state index in [1.807, 2.05) is 0 Å². The van der Waals surface area contributed by atoms with Gasteiger partial charge >= 0.3 is 0 Å². The molecular weight excluding hydrogens is 242 g/mol. The van der Waals surface area contributed by atoms with Gasteiger partial charge in [-0.25, -0.2) is 0 Å². The topological polar surface area (TPSA) is 62.5 Å². The number of rotatable bonds is 2. The van der Waals surface area contributed by atoms with Crippen LogP contribution in [-0.2, 0) is 19.3 Å². The Morgan fingerprint density at radius 2 is 1.74 bits per heavy atom. The first-order valence-electron chi connectivity index (χ1n) is 6.84. The van der Waals surface area contributed by atoms with Crippen molar-refractivity contribution in [3.05, 3.63) is 22.3 Å². The van der Waals surface area contributed by atoms with Gasteiger partial charge in [-0.15, -0.1) is 0 Å². The number of hydrogen-bond acceptors (Lipinski definition) is 4. The molecule has 1 N–H and O–H groups in total. The van der Waals surface area contributed by atoms with Crippen LogP contribution in [0.3, 0.4) is 0 Å². The summed E-state index contributed by atoms with van der Waals surface area (Å²) in [6.45, 7) is 1.45. The van der Waals surface area contributed by atoms with Crippen molar-refractivity contribution in [3.63, 3.8) is 0 Å². The maximum atomic E-state index is 9.44. The van der Waals surface area contributed by atoms with E-state index >= 15 is 0 Å². The van der Waals surface area contributed by atoms with Crippen molar-refractivity contribution in [2.75, 3.05) is 19.8 Å². The molecule has 0 aromatic heterocycles. The van der Waals surface area contributed by atoms with E-state index in [0.29, 0.717) is 25.2 Å². The molecule has 2 heterocycles. The molecule has 0 bridgehead atoms. The van der Waals surface area contributed by atoms with Crippen molar-refractivity contribution in [1.29, 1.82) is 5.26 Å². The quantitative estimate of drug-likeness (QED) is 0.878. The third-order valence-electron chi connectivity index (χ3n) is 3.82. The van der Waals surface area contributed by atoms with Gasteiger partial charge < -0.3 is 14.6 Å². The number of fused-ring (bicyclic) bond motifs is 2. The summed E-state index contributed by atoms with van der Waals surface area (Å²) < 4.78 is 11.5. The van der Waals surface area contributed by atoms with Crippen LogP contribution in [0.1, 0.15) is 35.1 Å². The largest absolute Gasteiger partial charge is 0.493 e. The zero-order chi connectivity index (χ0) is 13.2. The molecule has 0 aliphatic carbocycles. The lowest BCUT2D eigenvalue weighted by atomic mass is 9.88. The van der Waals surface area contributed by atoms with Crippen LogP contribution in [0.25, 0.3) is 0 Å². The first-order valence-corrected chi connectivity index (χ1v) is 6.84. The van der Waals surface area contributed by atoms with E-state index in [4.69, 9.17) is 9.47 Å². The predicted octanol–water partition coefficient (Wildman–Crippen LogP) is 1.74. The Hall–Kier alpha value is -1.73. The number of nitriles is 1. The summed E-state index contributed by atoms with van der Waals surface area (Å²) in [5.41, 5.74) is 3.73. The fourth-order valence-electron chi connectivity index (χ4n) is 3.03. The number of aliphatic hydroxyl groups is 1. The molecule has 0 atom stereocenters. The summed E-state index contributed by atoms with van der Waals surface area (Å²) in [4.78, 5) is 0. The second-order valence-electron chi connectivity index (χ2n) is 4.96. The van der Waals surface area contributed by atoms with Gasteiger partial charge in [0.05, 0.1) is 13.2 Å². The molecule has 4 nitrogen and oxygen atoms in total. The summed E-state index contributed by atoms with van der Waals surface area (Å²) >= 11 is 0. The van der Waals surface area contributed by atoms with E-state index in [9.17, 15) is 10.4 Å². The van der Waals surface area contributed by atoms with Crippen LogP contribution < -0.4 is 9.47 Å². The second-order valence-corrected chi connectivity index (χ2v) is 4.96. The van der Waals surface area contributed by atoms with Gasteiger partial charge in [0.1, 0.15) is 23.1 Å². The lowest BCUT2D eigenvalue weighted by Crippen LogP contribution is -2.19. The molecule has 2 aliphatic rings. The van der Waals surface area contributed by atoms with E-state index in [0.717, 1.165) is 53.9 Å². The Bertz CT molecular complexity index is 508. The molecule has 2 aliphatic heterocycles. The number of benzene rings is 1. The third kappa shape index (κ3) is 1.95. The molecule has 0 fully saturated rings. The van der Waals surface area contributed by atoms with Gasteiger partial charge in [0, 0.05) is 23.3 Å². The lowest BCUT2D eigenvalue weighted by Gasteiger charge is -2.28. The van der Waals surface area contributed by atoms with Gasteiger partial charge in [-0.05, 0) is 32.1 Å². The van der Waals surface area contributed by atoms with Crippen molar-refractivity contribution < 1.29 is 14.6 Å². The van der Waals surface area contributed by atoms with Crippen LogP contribution in [0.2, 0.25) is 0 Å². The van der Waals surface area contributed by atoms with E-state index in [1.54, 1.807) is 0 Å². The average molecular weight is 259 g/mol. The van der Waals surface area contributed by atoms with Crippen LogP contribution in [0.15, 0.2) is 0 Å². The molecule has 0 amide bonds. The fraction of sp³-hybridized carbons (Fsp3) is 0.533. The normalized spacial score (nSPS) is 16.6. The van der Waals surface area contributed by atoms with Crippen LogP contribution in [-0.4, -0.2) is 24.9 Å². The molecular formula is C15H17NO3. The number of aliphatic hydroxyl groups excluding tert-OH is 1. The zero-order valence-corrected chi connectivity index (χ0v) is 10.9. The van der Waals surface area contributed by atoms with Gasteiger partial charge in [-0.1, -0.05) is 0 Å². The van der Waals surface area contributed by atoms with E-state index in [-0.39, 0.29) is 6.61 Å². The summed E-state index contributed by atoms with van der Waals surface area (Å²) in [7, 11) is 0. The van der Waals surface area contributed by atoms with Crippen molar-refractivity contribution in [1.82, 2.24) is 0 Å². The summed E-state index contributed by atoms with van der Waals surface area (Å²) in [6.07, 6.45) is 4.21. The Kier molecular flexibility index (Phi) is 3.31. The maximum absolute atomic E-state index is 9.44. The molecule has 0 saturated carbocycles. The van der Waals surface area contributed by atoms with Gasteiger partial charge in [0.15, 0.2) is 0 Å². The molecule has 0 saturated heterocycles. The summed E-state index contributed by atoms with van der Waals surface area (Å²) in [5, 5.41) is 18.7. The fourth-order valence-corrected chi connectivity index (χ4v) is 3.03. The number of ether oxygens (including phenoxy) is 2. The van der Waals surface area contributed by atoms with Crippen molar-refractivity contribution in [3.8, 4) is 17.6 Å². The maximum Gasteiger partial charge on any atom is 0.141 e. The summed E-state index contributed by atoms with van der Waals surface area (Å²) in [6, 6.07) is 2.29. The Labute approximate surface area is 112 Å². The summed E-state index contributed by atoms with van der Waals surface area (Å²) in [5.74, 6) is 1.57. The van der Waals surface area contributed by atoms with Gasteiger partial charge in [-0.2, -0.15) is 5.26 Å². The third-order valence-corrected chi connectivity index (χ3v) is 3.82. The Balaban J connectivity index is 2.26. The number of hydrogen-bond donors (Lipinski definition) is 1. The van der Waals surface area contributed by atoms with Crippen LogP contribution in [0.4, 0.5) is 0 Å². The highest BCUT2D eigenvalue weighted by atomic mass is 16.5. The van der Waals surface area contributed by atoms with Crippen LogP contribution >= 0.6 is 0 Å². The average Bonchev–Trinajstić information content (AvgIpc) is 2.47. The number of nitrogens with zero attached hydrogens (tertiary/aromatic N) is 1. The first-order chi connectivity index (χ1) is 9.36. The first kappa shape index (κ1) is 12.3. The van der Waals surface area contributed by atoms with Crippen molar-refractivity contribution >= 4 is 0 Å². The Morgan fingerprint density at radius 3 is 2.42 bits per heavy atom. The minimum Gasteiger partial charge on any atom is -0.493 e. The molecule has 0 spiro atoms. The second kappa shape index (κ2) is 5.10. The molecule has 100 valence electrons. The van der Waals surface area contributed by atoms with Gasteiger partial charge in [-0.3, -0.25) is 0 Å². The molecule has 0 radical (unpaired) electrons. The molecule has 3 rings (SSSR count). The molecule has 1 aromatic carbocycles. The highest BCUT2D eigenvalue weighted by Gasteiger charge is 2.28. The standard InChI is InChI=1S/C15H17NO3/c16-9-13-11-4-2-7-18-14(11)12(5-6-17)10-3-1-8-19-15(10)13/h17H,1-8H2. The highest BCUT2D eigenvalue weighted by Crippen LogP contribution is 2.43. The van der Waals surface area contributed by atoms with Crippen LogP contribution in [0.5, 0.6) is 11.5 Å². The van der Waals surface area contributed by atoms with Crippen LogP contribution in [0, 0.1) is 11.3 Å². The predicted molar refractivity (Wildman–Crippen MR) is 69.6 cm³/mol. The molecule has 1 aromatic rings. The van der Waals surface area contributed by atoms with E-state index in [2.05, 4.69) is 6.07 Å². The minimum absolute atomic E-state index is 0.0914.